The molecule has 0 saturated heterocycles. The Balaban J connectivity index is 1.84. The molecule has 3 aromatic rings. The van der Waals surface area contributed by atoms with Gasteiger partial charge in [0.25, 0.3) is 0 Å². The molecule has 166 valence electrons. The summed E-state index contributed by atoms with van der Waals surface area (Å²) in [7, 11) is 0. The lowest BCUT2D eigenvalue weighted by molar-refractivity contribution is 0.343. The van der Waals surface area contributed by atoms with Gasteiger partial charge in [0.2, 0.25) is 0 Å². The first-order valence-electron chi connectivity index (χ1n) is 11.3. The molecule has 1 aliphatic carbocycles. The Morgan fingerprint density at radius 1 is 0.939 bits per heavy atom. The van der Waals surface area contributed by atoms with Gasteiger partial charge in [-0.2, -0.15) is 0 Å². The van der Waals surface area contributed by atoms with E-state index in [1.807, 2.05) is 43.3 Å². The van der Waals surface area contributed by atoms with Gasteiger partial charge >= 0.3 is 0 Å². The minimum Gasteiger partial charge on any atom is -0.491 e. The number of aromatic nitrogens is 2. The highest BCUT2D eigenvalue weighted by Gasteiger charge is 2.19. The summed E-state index contributed by atoms with van der Waals surface area (Å²) in [6, 6.07) is 18.0. The highest BCUT2D eigenvalue weighted by atomic mass is 16.5. The number of nitrogens with zero attached hydrogens (tertiary/aromatic N) is 4. The summed E-state index contributed by atoms with van der Waals surface area (Å²) in [5, 5.41) is 2.84. The van der Waals surface area contributed by atoms with Crippen LogP contribution in [-0.4, -0.2) is 29.7 Å². The van der Waals surface area contributed by atoms with Crippen molar-refractivity contribution in [1.82, 2.24) is 9.97 Å². The second-order valence-electron chi connectivity index (χ2n) is 7.72. The first-order valence-corrected chi connectivity index (χ1v) is 11.3. The summed E-state index contributed by atoms with van der Waals surface area (Å²) in [6.45, 7) is 8.62. The zero-order chi connectivity index (χ0) is 22.8. The number of fused-ring (bicyclic) bond motifs is 4. The molecule has 33 heavy (non-hydrogen) atoms. The van der Waals surface area contributed by atoms with Gasteiger partial charge in [0, 0.05) is 60.1 Å². The molecule has 0 saturated carbocycles. The molecular formula is C27H26N4O2. The number of pyridine rings is 1. The number of benzene rings is 3. The van der Waals surface area contributed by atoms with Crippen LogP contribution in [0.4, 0.5) is 11.4 Å². The van der Waals surface area contributed by atoms with E-state index < -0.39 is 0 Å². The maximum atomic E-state index is 6.46. The predicted molar refractivity (Wildman–Crippen MR) is 132 cm³/mol. The quantitative estimate of drug-likeness (QED) is 0.242. The van der Waals surface area contributed by atoms with E-state index in [0.717, 1.165) is 57.6 Å². The zero-order valence-corrected chi connectivity index (χ0v) is 19.1. The topological polar surface area (TPSA) is 63.8 Å². The Bertz CT molecular complexity index is 1460. The Morgan fingerprint density at radius 3 is 2.42 bits per heavy atom. The van der Waals surface area contributed by atoms with Crippen LogP contribution in [0.2, 0.25) is 0 Å². The first kappa shape index (κ1) is 20.9. The fourth-order valence-electron chi connectivity index (χ4n) is 4.18. The standard InChI is InChI=1S/C27H26N4O2/c1-4-31(5-2)19-15-23(32-6-3)27-24(16-19)33-25-17-22(29-18-11-13-28-14-12-18)20-9-7-8-10-21(20)26(25)30-27/h7-17H,4-6H2,1-3H3. The molecule has 0 unspecified atom stereocenters. The Kier molecular flexibility index (Phi) is 5.65. The van der Waals surface area contributed by atoms with Crippen LogP contribution < -0.4 is 15.0 Å². The molecule has 6 nitrogen and oxygen atoms in total. The average Bonchev–Trinajstić information content (AvgIpc) is 2.85. The Morgan fingerprint density at radius 2 is 1.70 bits per heavy atom. The molecule has 0 fully saturated rings. The first-order chi connectivity index (χ1) is 16.2. The number of ether oxygens (including phenoxy) is 1. The fourth-order valence-corrected chi connectivity index (χ4v) is 4.18. The highest BCUT2D eigenvalue weighted by Crippen LogP contribution is 2.36. The maximum Gasteiger partial charge on any atom is 0.159 e. The Hall–Kier alpha value is -3.93. The van der Waals surface area contributed by atoms with Crippen molar-refractivity contribution >= 4 is 33.2 Å². The van der Waals surface area contributed by atoms with E-state index >= 15 is 0 Å². The highest BCUT2D eigenvalue weighted by molar-refractivity contribution is 5.97. The molecule has 0 atom stereocenters. The molecule has 1 aliphatic heterocycles. The summed E-state index contributed by atoms with van der Waals surface area (Å²) in [5.74, 6) is 1.42. The van der Waals surface area contributed by atoms with Gasteiger partial charge in [0.1, 0.15) is 11.2 Å². The summed E-state index contributed by atoms with van der Waals surface area (Å²) < 4.78 is 12.4. The zero-order valence-electron chi connectivity index (χ0n) is 19.1. The van der Waals surface area contributed by atoms with Gasteiger partial charge in [-0.05, 0) is 32.9 Å². The third kappa shape index (κ3) is 3.89. The van der Waals surface area contributed by atoms with Gasteiger partial charge in [-0.25, -0.2) is 9.98 Å². The maximum absolute atomic E-state index is 6.46. The molecular weight excluding hydrogens is 412 g/mol. The summed E-state index contributed by atoms with van der Waals surface area (Å²) >= 11 is 0. The molecule has 2 heterocycles. The molecule has 0 spiro atoms. The molecule has 2 aromatic carbocycles. The number of hydrogen-bond donors (Lipinski definition) is 0. The minimum atomic E-state index is 0.557. The predicted octanol–water partition coefficient (Wildman–Crippen LogP) is 5.96. The van der Waals surface area contributed by atoms with Crippen molar-refractivity contribution in [3.8, 4) is 17.2 Å². The van der Waals surface area contributed by atoms with Gasteiger partial charge in [0.05, 0.1) is 17.7 Å². The molecule has 0 radical (unpaired) electrons. The van der Waals surface area contributed by atoms with Crippen LogP contribution in [0.1, 0.15) is 20.8 Å². The van der Waals surface area contributed by atoms with E-state index in [9.17, 15) is 0 Å². The largest absolute Gasteiger partial charge is 0.491 e. The van der Waals surface area contributed by atoms with E-state index in [-0.39, 0.29) is 0 Å². The minimum absolute atomic E-state index is 0.557. The van der Waals surface area contributed by atoms with Crippen molar-refractivity contribution < 1.29 is 9.15 Å². The fraction of sp³-hybridized carbons (Fsp3) is 0.222. The number of anilines is 1. The van der Waals surface area contributed by atoms with Crippen molar-refractivity contribution in [3.05, 3.63) is 72.3 Å². The average molecular weight is 439 g/mol. The van der Waals surface area contributed by atoms with Crippen LogP contribution in [0.5, 0.6) is 5.75 Å². The van der Waals surface area contributed by atoms with E-state index in [1.165, 1.54) is 0 Å². The van der Waals surface area contributed by atoms with Gasteiger partial charge in [0.15, 0.2) is 17.1 Å². The third-order valence-corrected chi connectivity index (χ3v) is 5.77. The summed E-state index contributed by atoms with van der Waals surface area (Å²) in [6.07, 6.45) is 3.48. The normalized spacial score (nSPS) is 12.0. The van der Waals surface area contributed by atoms with Crippen molar-refractivity contribution in [1.29, 1.82) is 0 Å². The number of hydrogen-bond acceptors (Lipinski definition) is 6. The monoisotopic (exact) mass is 438 g/mol. The lowest BCUT2D eigenvalue weighted by atomic mass is 10.0. The second kappa shape index (κ2) is 8.90. The molecule has 1 aromatic heterocycles. The molecule has 6 heteroatoms. The third-order valence-electron chi connectivity index (χ3n) is 5.77. The molecule has 0 amide bonds. The van der Waals surface area contributed by atoms with Crippen LogP contribution >= 0.6 is 0 Å². The van der Waals surface area contributed by atoms with Crippen molar-refractivity contribution in [2.75, 3.05) is 24.6 Å². The van der Waals surface area contributed by atoms with E-state index in [0.29, 0.717) is 18.0 Å². The van der Waals surface area contributed by atoms with Crippen LogP contribution in [0.25, 0.3) is 33.3 Å². The van der Waals surface area contributed by atoms with Gasteiger partial charge in [-0.15, -0.1) is 0 Å². The van der Waals surface area contributed by atoms with Crippen LogP contribution in [0, 0.1) is 0 Å². The number of rotatable bonds is 6. The van der Waals surface area contributed by atoms with Crippen molar-refractivity contribution in [3.63, 3.8) is 0 Å². The lowest BCUT2D eigenvalue weighted by Crippen LogP contribution is -2.21. The molecule has 5 rings (SSSR count). The van der Waals surface area contributed by atoms with E-state index in [1.54, 1.807) is 12.4 Å². The summed E-state index contributed by atoms with van der Waals surface area (Å²) in [4.78, 5) is 16.3. The van der Waals surface area contributed by atoms with Crippen LogP contribution in [0.15, 0.2) is 76.4 Å². The second-order valence-corrected chi connectivity index (χ2v) is 7.72. The van der Waals surface area contributed by atoms with Crippen LogP contribution in [0.3, 0.4) is 0 Å². The molecule has 0 N–H and O–H groups in total. The lowest BCUT2D eigenvalue weighted by Gasteiger charge is -2.22. The molecule has 2 aliphatic rings. The van der Waals surface area contributed by atoms with Gasteiger partial charge < -0.3 is 14.1 Å². The van der Waals surface area contributed by atoms with Gasteiger partial charge in [-0.3, -0.25) is 4.98 Å². The van der Waals surface area contributed by atoms with Crippen molar-refractivity contribution in [2.45, 2.75) is 20.8 Å². The SMILES string of the molecule is CCOc1cc(N(CC)CC)cc2oc3cc(=Nc4ccncc4)c4ccccc4c-3nc12. The Labute approximate surface area is 192 Å². The van der Waals surface area contributed by atoms with E-state index in [2.05, 4.69) is 41.9 Å². The van der Waals surface area contributed by atoms with Gasteiger partial charge in [-0.1, -0.05) is 24.3 Å². The smallest absolute Gasteiger partial charge is 0.159 e. The van der Waals surface area contributed by atoms with Crippen LogP contribution in [-0.2, 0) is 0 Å². The van der Waals surface area contributed by atoms with Crippen molar-refractivity contribution in [2.24, 2.45) is 4.99 Å². The summed E-state index contributed by atoms with van der Waals surface area (Å²) in [5.41, 5.74) is 4.11. The van der Waals surface area contributed by atoms with E-state index in [4.69, 9.17) is 19.1 Å². The molecule has 0 bridgehead atoms.